The molecule has 3 N–H and O–H groups in total. The smallest absolute Gasteiger partial charge is 0.319 e. The highest BCUT2D eigenvalue weighted by Gasteiger charge is 2.12. The predicted molar refractivity (Wildman–Crippen MR) is 53.6 cm³/mol. The van der Waals surface area contributed by atoms with Gasteiger partial charge in [-0.25, -0.2) is 4.98 Å². The molecule has 0 spiro atoms. The number of imidazole rings is 1. The van der Waals surface area contributed by atoms with Gasteiger partial charge >= 0.3 is 6.55 Å². The molecule has 0 aliphatic carbocycles. The van der Waals surface area contributed by atoms with Gasteiger partial charge in [-0.2, -0.15) is 8.78 Å². The van der Waals surface area contributed by atoms with Crippen molar-refractivity contribution >= 4 is 5.91 Å². The lowest BCUT2D eigenvalue weighted by Crippen LogP contribution is -2.31. The van der Waals surface area contributed by atoms with Gasteiger partial charge in [0.15, 0.2) is 0 Å². The molecule has 16 heavy (non-hydrogen) atoms. The average molecular weight is 232 g/mol. The van der Waals surface area contributed by atoms with Gasteiger partial charge in [0, 0.05) is 24.9 Å². The molecule has 0 radical (unpaired) electrons. The van der Waals surface area contributed by atoms with Crippen LogP contribution in [0.2, 0.25) is 0 Å². The standard InChI is InChI=1S/C9H14F2N4O/c1-6(4-7(12)16)14-5-8-13-2-3-15(8)9(10)11/h2-3,6,9,14H,4-5H2,1H3,(H2,12,16). The molecule has 1 heterocycles. The van der Waals surface area contributed by atoms with Crippen LogP contribution in [0.3, 0.4) is 0 Å². The van der Waals surface area contributed by atoms with E-state index in [4.69, 9.17) is 5.73 Å². The second kappa shape index (κ2) is 5.55. The zero-order valence-electron chi connectivity index (χ0n) is 8.86. The number of amides is 1. The maximum Gasteiger partial charge on any atom is 0.319 e. The first kappa shape index (κ1) is 12.6. The van der Waals surface area contributed by atoms with E-state index in [-0.39, 0.29) is 24.8 Å². The Morgan fingerprint density at radius 1 is 1.69 bits per heavy atom. The van der Waals surface area contributed by atoms with E-state index in [9.17, 15) is 13.6 Å². The fraction of sp³-hybridized carbons (Fsp3) is 0.556. The summed E-state index contributed by atoms with van der Waals surface area (Å²) in [7, 11) is 0. The number of hydrogen-bond donors (Lipinski definition) is 2. The summed E-state index contributed by atoms with van der Waals surface area (Å²) >= 11 is 0. The van der Waals surface area contributed by atoms with Gasteiger partial charge in [0.05, 0.1) is 6.54 Å². The number of primary amides is 1. The Morgan fingerprint density at radius 2 is 2.38 bits per heavy atom. The highest BCUT2D eigenvalue weighted by atomic mass is 19.3. The second-order valence-corrected chi connectivity index (χ2v) is 3.48. The van der Waals surface area contributed by atoms with Crippen LogP contribution in [0.1, 0.15) is 25.7 Å². The first-order chi connectivity index (χ1) is 7.50. The molecular formula is C9H14F2N4O. The largest absolute Gasteiger partial charge is 0.370 e. The number of nitrogens with zero attached hydrogens (tertiary/aromatic N) is 2. The van der Waals surface area contributed by atoms with E-state index in [0.29, 0.717) is 0 Å². The molecule has 0 fully saturated rings. The van der Waals surface area contributed by atoms with Gasteiger partial charge in [-0.15, -0.1) is 0 Å². The highest BCUT2D eigenvalue weighted by molar-refractivity contribution is 5.74. The van der Waals surface area contributed by atoms with Gasteiger partial charge in [-0.3, -0.25) is 9.36 Å². The molecule has 1 aromatic heterocycles. The lowest BCUT2D eigenvalue weighted by Gasteiger charge is -2.12. The van der Waals surface area contributed by atoms with Crippen LogP contribution >= 0.6 is 0 Å². The molecule has 1 unspecified atom stereocenters. The zero-order chi connectivity index (χ0) is 12.1. The number of nitrogens with two attached hydrogens (primary N) is 1. The fourth-order valence-electron chi connectivity index (χ4n) is 1.30. The summed E-state index contributed by atoms with van der Waals surface area (Å²) in [4.78, 5) is 14.4. The molecule has 0 aliphatic heterocycles. The number of hydrogen-bond acceptors (Lipinski definition) is 3. The van der Waals surface area contributed by atoms with Gasteiger partial charge in [0.25, 0.3) is 0 Å². The Hall–Kier alpha value is -1.50. The SMILES string of the molecule is CC(CC(N)=O)NCc1nccn1C(F)F. The Bertz CT molecular complexity index is 353. The normalized spacial score (nSPS) is 13.0. The van der Waals surface area contributed by atoms with Crippen molar-refractivity contribution in [2.75, 3.05) is 0 Å². The molecule has 0 aromatic carbocycles. The molecule has 0 saturated heterocycles. The summed E-state index contributed by atoms with van der Waals surface area (Å²) in [5.41, 5.74) is 5.00. The van der Waals surface area contributed by atoms with Crippen LogP contribution in [0.15, 0.2) is 12.4 Å². The number of alkyl halides is 2. The molecule has 0 aliphatic rings. The van der Waals surface area contributed by atoms with Crippen LogP contribution in [0.4, 0.5) is 8.78 Å². The molecule has 7 heteroatoms. The monoisotopic (exact) mass is 232 g/mol. The number of carbonyl (C=O) groups excluding carboxylic acids is 1. The van der Waals surface area contributed by atoms with Gasteiger partial charge in [0.1, 0.15) is 5.82 Å². The summed E-state index contributed by atoms with van der Waals surface area (Å²) in [5.74, 6) is -0.205. The molecular weight excluding hydrogens is 218 g/mol. The minimum atomic E-state index is -2.61. The van der Waals surface area contributed by atoms with E-state index < -0.39 is 12.5 Å². The van der Waals surface area contributed by atoms with E-state index in [1.165, 1.54) is 12.4 Å². The third kappa shape index (κ3) is 3.58. The summed E-state index contributed by atoms with van der Waals surface area (Å²) < 4.78 is 25.6. The fourth-order valence-corrected chi connectivity index (χ4v) is 1.30. The average Bonchev–Trinajstić information content (AvgIpc) is 2.61. The number of halogens is 2. The van der Waals surface area contributed by atoms with E-state index in [2.05, 4.69) is 10.3 Å². The van der Waals surface area contributed by atoms with E-state index in [1.807, 2.05) is 0 Å². The molecule has 1 amide bonds. The molecule has 5 nitrogen and oxygen atoms in total. The first-order valence-corrected chi connectivity index (χ1v) is 4.82. The van der Waals surface area contributed by atoms with E-state index >= 15 is 0 Å². The van der Waals surface area contributed by atoms with Crippen molar-refractivity contribution in [1.29, 1.82) is 0 Å². The molecule has 90 valence electrons. The maximum atomic E-state index is 12.4. The summed E-state index contributed by atoms with van der Waals surface area (Å²) in [6.07, 6.45) is 2.68. The summed E-state index contributed by atoms with van der Waals surface area (Å²) in [6.45, 7) is -0.683. The molecule has 0 bridgehead atoms. The minimum Gasteiger partial charge on any atom is -0.370 e. The Morgan fingerprint density at radius 3 is 2.94 bits per heavy atom. The summed E-state index contributed by atoms with van der Waals surface area (Å²) in [5, 5.41) is 2.89. The number of rotatable bonds is 6. The van der Waals surface area contributed by atoms with Crippen LogP contribution < -0.4 is 11.1 Å². The van der Waals surface area contributed by atoms with E-state index in [1.54, 1.807) is 6.92 Å². The Kier molecular flexibility index (Phi) is 4.36. The third-order valence-corrected chi connectivity index (χ3v) is 2.08. The van der Waals surface area contributed by atoms with E-state index in [0.717, 1.165) is 4.57 Å². The van der Waals surface area contributed by atoms with Crippen molar-refractivity contribution in [1.82, 2.24) is 14.9 Å². The van der Waals surface area contributed by atoms with Crippen molar-refractivity contribution in [2.45, 2.75) is 32.5 Å². The highest BCUT2D eigenvalue weighted by Crippen LogP contribution is 2.12. The molecule has 1 rings (SSSR count). The van der Waals surface area contributed by atoms with Gasteiger partial charge < -0.3 is 11.1 Å². The number of aromatic nitrogens is 2. The third-order valence-electron chi connectivity index (χ3n) is 2.08. The lowest BCUT2D eigenvalue weighted by atomic mass is 10.2. The first-order valence-electron chi connectivity index (χ1n) is 4.82. The quantitative estimate of drug-likeness (QED) is 0.755. The van der Waals surface area contributed by atoms with Crippen molar-refractivity contribution in [3.8, 4) is 0 Å². The van der Waals surface area contributed by atoms with Crippen molar-refractivity contribution in [3.05, 3.63) is 18.2 Å². The molecule has 1 aromatic rings. The predicted octanol–water partition coefficient (Wildman–Crippen LogP) is 0.632. The zero-order valence-corrected chi connectivity index (χ0v) is 8.86. The second-order valence-electron chi connectivity index (χ2n) is 3.48. The van der Waals surface area contributed by atoms with Gasteiger partial charge in [-0.1, -0.05) is 0 Å². The topological polar surface area (TPSA) is 72.9 Å². The Labute approximate surface area is 91.6 Å². The van der Waals surface area contributed by atoms with Crippen molar-refractivity contribution in [3.63, 3.8) is 0 Å². The number of nitrogens with one attached hydrogen (secondary N) is 1. The van der Waals surface area contributed by atoms with Gasteiger partial charge in [-0.05, 0) is 6.92 Å². The van der Waals surface area contributed by atoms with Crippen molar-refractivity contribution < 1.29 is 13.6 Å². The lowest BCUT2D eigenvalue weighted by molar-refractivity contribution is -0.118. The van der Waals surface area contributed by atoms with Crippen LogP contribution in [0.5, 0.6) is 0 Å². The number of carbonyl (C=O) groups is 1. The van der Waals surface area contributed by atoms with Crippen molar-refractivity contribution in [2.24, 2.45) is 5.73 Å². The maximum absolute atomic E-state index is 12.4. The Balaban J connectivity index is 2.48. The van der Waals surface area contributed by atoms with Crippen LogP contribution in [-0.4, -0.2) is 21.5 Å². The van der Waals surface area contributed by atoms with Crippen LogP contribution in [0, 0.1) is 0 Å². The van der Waals surface area contributed by atoms with Crippen LogP contribution in [0.25, 0.3) is 0 Å². The minimum absolute atomic E-state index is 0.162. The molecule has 0 saturated carbocycles. The van der Waals surface area contributed by atoms with Gasteiger partial charge in [0.2, 0.25) is 5.91 Å². The van der Waals surface area contributed by atoms with Crippen LogP contribution in [-0.2, 0) is 11.3 Å². The molecule has 1 atom stereocenters. The summed E-state index contributed by atoms with van der Waals surface area (Å²) in [6, 6.07) is -0.166.